The lowest BCUT2D eigenvalue weighted by Crippen LogP contribution is -2.43. The molecule has 1 aromatic carbocycles. The van der Waals surface area contributed by atoms with E-state index in [9.17, 15) is 5.11 Å². The number of nitrogens with one attached hydrogen (secondary N) is 1. The summed E-state index contributed by atoms with van der Waals surface area (Å²) in [7, 11) is 2.19. The number of aromatic amines is 1. The minimum atomic E-state index is 0.257. The molecule has 1 aliphatic heterocycles. The Bertz CT molecular complexity index is 1130. The number of pyridine rings is 1. The average molecular weight is 415 g/mol. The maximum absolute atomic E-state index is 9.69. The fraction of sp³-hybridized carbons (Fsp3) is 0.346. The highest BCUT2D eigenvalue weighted by atomic mass is 16.3. The van der Waals surface area contributed by atoms with E-state index < -0.39 is 0 Å². The fourth-order valence-corrected chi connectivity index (χ4v) is 4.74. The Balaban J connectivity index is 1.39. The van der Waals surface area contributed by atoms with Crippen LogP contribution in [0.2, 0.25) is 0 Å². The number of hydrogen-bond donors (Lipinski definition) is 2. The quantitative estimate of drug-likeness (QED) is 0.646. The largest absolute Gasteiger partial charge is 0.508 e. The number of aryl methyl sites for hydroxylation is 1. The molecule has 2 N–H and O–H groups in total. The van der Waals surface area contributed by atoms with Gasteiger partial charge in [-0.25, -0.2) is 4.98 Å². The van der Waals surface area contributed by atoms with Gasteiger partial charge in [0, 0.05) is 61.5 Å². The van der Waals surface area contributed by atoms with Crippen LogP contribution in [0.15, 0.2) is 60.5 Å². The Morgan fingerprint density at radius 2 is 1.87 bits per heavy atom. The molecule has 0 saturated carbocycles. The second kappa shape index (κ2) is 8.33. The molecular formula is C26H30N4O. The third-order valence-corrected chi connectivity index (χ3v) is 6.63. The van der Waals surface area contributed by atoms with E-state index in [0.717, 1.165) is 56.0 Å². The molecule has 5 heteroatoms. The molecule has 1 atom stereocenters. The van der Waals surface area contributed by atoms with E-state index in [2.05, 4.69) is 65.2 Å². The summed E-state index contributed by atoms with van der Waals surface area (Å²) in [5, 5.41) is 10.9. The van der Waals surface area contributed by atoms with Gasteiger partial charge in [0.25, 0.3) is 0 Å². The van der Waals surface area contributed by atoms with E-state index in [1.165, 1.54) is 22.1 Å². The van der Waals surface area contributed by atoms with E-state index in [-0.39, 0.29) is 5.92 Å². The molecule has 31 heavy (non-hydrogen) atoms. The molecule has 1 fully saturated rings. The first-order valence-electron chi connectivity index (χ1n) is 11.1. The van der Waals surface area contributed by atoms with Crippen LogP contribution in [0.1, 0.15) is 29.2 Å². The smallest absolute Gasteiger partial charge is 0.137 e. The van der Waals surface area contributed by atoms with Crippen molar-refractivity contribution in [3.8, 4) is 11.1 Å². The first-order chi connectivity index (χ1) is 15.1. The zero-order valence-electron chi connectivity index (χ0n) is 18.3. The third kappa shape index (κ3) is 4.16. The molecule has 0 radical (unpaired) electrons. The van der Waals surface area contributed by atoms with Crippen LogP contribution in [0.3, 0.4) is 0 Å². The van der Waals surface area contributed by atoms with Gasteiger partial charge < -0.3 is 15.0 Å². The number of nitrogens with zero attached hydrogens (tertiary/aromatic N) is 3. The Morgan fingerprint density at radius 1 is 1.10 bits per heavy atom. The number of allylic oxidation sites excluding steroid dienone is 3. The molecule has 1 aliphatic carbocycles. The molecule has 1 saturated heterocycles. The molecule has 3 heterocycles. The van der Waals surface area contributed by atoms with Gasteiger partial charge >= 0.3 is 0 Å². The molecule has 5 rings (SSSR count). The second-order valence-corrected chi connectivity index (χ2v) is 8.89. The summed E-state index contributed by atoms with van der Waals surface area (Å²) in [6, 6.07) is 11.2. The van der Waals surface area contributed by atoms with Crippen LogP contribution in [-0.4, -0.2) is 58.1 Å². The summed E-state index contributed by atoms with van der Waals surface area (Å²) in [5.74, 6) is 0.608. The Morgan fingerprint density at radius 3 is 2.58 bits per heavy atom. The van der Waals surface area contributed by atoms with Crippen LogP contribution in [0.25, 0.3) is 22.2 Å². The number of piperazine rings is 1. The average Bonchev–Trinajstić information content (AvgIpc) is 3.11. The van der Waals surface area contributed by atoms with Crippen molar-refractivity contribution in [3.63, 3.8) is 0 Å². The Hall–Kier alpha value is -2.89. The lowest BCUT2D eigenvalue weighted by Gasteiger charge is -2.32. The van der Waals surface area contributed by atoms with E-state index >= 15 is 0 Å². The van der Waals surface area contributed by atoms with Crippen LogP contribution >= 0.6 is 0 Å². The molecule has 3 aromatic rings. The van der Waals surface area contributed by atoms with E-state index in [1.54, 1.807) is 6.08 Å². The number of fused-ring (bicyclic) bond motifs is 1. The summed E-state index contributed by atoms with van der Waals surface area (Å²) in [6.07, 6.45) is 8.54. The number of aliphatic hydroxyl groups excluding tert-OH is 1. The lowest BCUT2D eigenvalue weighted by atomic mass is 9.90. The lowest BCUT2D eigenvalue weighted by molar-refractivity contribution is 0.148. The topological polar surface area (TPSA) is 55.4 Å². The first kappa shape index (κ1) is 20.0. The summed E-state index contributed by atoms with van der Waals surface area (Å²) >= 11 is 0. The molecule has 0 spiro atoms. The number of aliphatic hydroxyl groups is 1. The van der Waals surface area contributed by atoms with Gasteiger partial charge in [0.1, 0.15) is 11.4 Å². The zero-order valence-corrected chi connectivity index (χ0v) is 18.3. The number of aromatic nitrogens is 2. The van der Waals surface area contributed by atoms with Crippen molar-refractivity contribution in [1.82, 2.24) is 19.8 Å². The second-order valence-electron chi connectivity index (χ2n) is 8.89. The summed E-state index contributed by atoms with van der Waals surface area (Å²) < 4.78 is 0. The van der Waals surface area contributed by atoms with Crippen LogP contribution in [0.4, 0.5) is 0 Å². The van der Waals surface area contributed by atoms with E-state index in [1.807, 2.05) is 12.3 Å². The minimum Gasteiger partial charge on any atom is -0.508 e. The van der Waals surface area contributed by atoms with E-state index in [0.29, 0.717) is 5.76 Å². The number of likely N-dealkylation sites (N-methyl/N-ethyl adjacent to an activating group) is 1. The SMILES string of the molecule is Cc1[nH]c2ncc(-c3ccc(CN4CCN(C)CC4)cc3)cc2c1C1C=CC(O)=CC1. The summed E-state index contributed by atoms with van der Waals surface area (Å²) in [6.45, 7) is 7.69. The molecular weight excluding hydrogens is 384 g/mol. The Kier molecular flexibility index (Phi) is 5.38. The predicted octanol–water partition coefficient (Wildman–Crippen LogP) is 4.77. The molecule has 0 amide bonds. The highest BCUT2D eigenvalue weighted by Gasteiger charge is 2.19. The number of H-pyrrole nitrogens is 1. The van der Waals surface area contributed by atoms with Crippen molar-refractivity contribution < 1.29 is 5.11 Å². The molecule has 0 bridgehead atoms. The minimum absolute atomic E-state index is 0.257. The van der Waals surface area contributed by atoms with Crippen LogP contribution in [0.5, 0.6) is 0 Å². The summed E-state index contributed by atoms with van der Waals surface area (Å²) in [4.78, 5) is 13.1. The van der Waals surface area contributed by atoms with Crippen LogP contribution in [0, 0.1) is 6.92 Å². The van der Waals surface area contributed by atoms with Crippen molar-refractivity contribution >= 4 is 11.0 Å². The van der Waals surface area contributed by atoms with Gasteiger partial charge in [-0.1, -0.05) is 30.3 Å². The first-order valence-corrected chi connectivity index (χ1v) is 11.1. The molecule has 160 valence electrons. The zero-order chi connectivity index (χ0) is 21.4. The van der Waals surface area contributed by atoms with Gasteiger partial charge in [0.05, 0.1) is 0 Å². The highest BCUT2D eigenvalue weighted by Crippen LogP contribution is 2.35. The standard InChI is InChI=1S/C26H30N4O/c1-18-25(21-7-9-23(31)10-8-21)24-15-22(16-27-26(24)28-18)20-5-3-19(4-6-20)17-30-13-11-29(2)12-14-30/h3-7,9-10,15-16,21,31H,8,11-14,17H2,1-2H3,(H,27,28). The van der Waals surface area contributed by atoms with E-state index in [4.69, 9.17) is 4.98 Å². The van der Waals surface area contributed by atoms with Crippen molar-refractivity contribution in [1.29, 1.82) is 0 Å². The van der Waals surface area contributed by atoms with Crippen LogP contribution < -0.4 is 0 Å². The molecule has 1 unspecified atom stereocenters. The normalized spacial score (nSPS) is 20.3. The van der Waals surface area contributed by atoms with Crippen molar-refractivity contribution in [2.24, 2.45) is 0 Å². The third-order valence-electron chi connectivity index (χ3n) is 6.63. The van der Waals surface area contributed by atoms with Gasteiger partial charge in [-0.05, 0) is 55.3 Å². The number of rotatable bonds is 4. The number of hydrogen-bond acceptors (Lipinski definition) is 4. The maximum Gasteiger partial charge on any atom is 0.137 e. The monoisotopic (exact) mass is 414 g/mol. The van der Waals surface area contributed by atoms with Crippen molar-refractivity contribution in [2.75, 3.05) is 33.2 Å². The Labute approximate surface area is 183 Å². The molecule has 2 aromatic heterocycles. The van der Waals surface area contributed by atoms with Gasteiger partial charge in [-0.15, -0.1) is 0 Å². The predicted molar refractivity (Wildman–Crippen MR) is 126 cm³/mol. The van der Waals surface area contributed by atoms with Crippen molar-refractivity contribution in [2.45, 2.75) is 25.8 Å². The summed E-state index contributed by atoms with van der Waals surface area (Å²) in [5.41, 5.74) is 7.03. The molecule has 2 aliphatic rings. The van der Waals surface area contributed by atoms with Gasteiger partial charge in [-0.3, -0.25) is 4.90 Å². The van der Waals surface area contributed by atoms with Gasteiger partial charge in [0.2, 0.25) is 0 Å². The highest BCUT2D eigenvalue weighted by molar-refractivity contribution is 5.86. The van der Waals surface area contributed by atoms with Gasteiger partial charge in [0.15, 0.2) is 0 Å². The van der Waals surface area contributed by atoms with Crippen molar-refractivity contribution in [3.05, 3.63) is 77.3 Å². The molecule has 5 nitrogen and oxygen atoms in total. The maximum atomic E-state index is 9.69. The van der Waals surface area contributed by atoms with Gasteiger partial charge in [-0.2, -0.15) is 0 Å². The fourth-order valence-electron chi connectivity index (χ4n) is 4.74. The number of benzene rings is 1. The van der Waals surface area contributed by atoms with Crippen LogP contribution in [-0.2, 0) is 6.54 Å².